The van der Waals surface area contributed by atoms with E-state index in [1.54, 1.807) is 0 Å². The molecule has 1 N–H and O–H groups in total. The van der Waals surface area contributed by atoms with Crippen molar-refractivity contribution in [3.63, 3.8) is 0 Å². The highest BCUT2D eigenvalue weighted by molar-refractivity contribution is 4.84. The quantitative estimate of drug-likeness (QED) is 0.820. The van der Waals surface area contributed by atoms with Crippen molar-refractivity contribution < 1.29 is 9.84 Å². The van der Waals surface area contributed by atoms with E-state index >= 15 is 0 Å². The van der Waals surface area contributed by atoms with E-state index in [9.17, 15) is 5.11 Å². The van der Waals surface area contributed by atoms with Crippen molar-refractivity contribution in [2.75, 3.05) is 19.7 Å². The summed E-state index contributed by atoms with van der Waals surface area (Å²) < 4.78 is 5.78. The van der Waals surface area contributed by atoms with E-state index in [2.05, 4.69) is 18.7 Å². The Morgan fingerprint density at radius 3 is 2.53 bits per heavy atom. The van der Waals surface area contributed by atoms with E-state index in [1.165, 1.54) is 32.1 Å². The molecule has 0 radical (unpaired) electrons. The highest BCUT2D eigenvalue weighted by atomic mass is 16.5. The van der Waals surface area contributed by atoms with Crippen molar-refractivity contribution in [2.24, 2.45) is 5.92 Å². The largest absolute Gasteiger partial charge is 0.390 e. The molecule has 0 amide bonds. The third-order valence-electron chi connectivity index (χ3n) is 4.37. The summed E-state index contributed by atoms with van der Waals surface area (Å²) in [6.07, 6.45) is 6.05. The van der Waals surface area contributed by atoms with Gasteiger partial charge in [0.15, 0.2) is 0 Å². The maximum absolute atomic E-state index is 10.4. The van der Waals surface area contributed by atoms with Gasteiger partial charge in [0.05, 0.1) is 18.8 Å². The number of aliphatic hydroxyl groups is 1. The Labute approximate surface area is 105 Å². The zero-order valence-electron chi connectivity index (χ0n) is 11.3. The molecule has 1 aliphatic heterocycles. The normalized spacial score (nSPS) is 30.7. The molecule has 1 saturated heterocycles. The number of ether oxygens (including phenoxy) is 1. The number of nitrogens with zero attached hydrogens (tertiary/aromatic N) is 1. The lowest BCUT2D eigenvalue weighted by atomic mass is 9.83. The molecule has 1 aliphatic carbocycles. The Bertz CT molecular complexity index is 226. The predicted octanol–water partition coefficient (Wildman–Crippen LogP) is 2.04. The van der Waals surface area contributed by atoms with E-state index in [4.69, 9.17) is 4.74 Å². The van der Waals surface area contributed by atoms with Gasteiger partial charge in [-0.25, -0.2) is 0 Å². The first-order valence-electron chi connectivity index (χ1n) is 7.22. The minimum absolute atomic E-state index is 0.0363. The molecule has 3 heteroatoms. The van der Waals surface area contributed by atoms with Crippen LogP contribution in [0.2, 0.25) is 0 Å². The SMILES string of the molecule is CC(C)N1CCOC(C(O)C2CCCCC2)C1. The molecule has 2 fully saturated rings. The summed E-state index contributed by atoms with van der Waals surface area (Å²) in [5, 5.41) is 10.4. The average molecular weight is 241 g/mol. The molecule has 2 atom stereocenters. The maximum Gasteiger partial charge on any atom is 0.0963 e. The summed E-state index contributed by atoms with van der Waals surface area (Å²) in [5.74, 6) is 0.473. The van der Waals surface area contributed by atoms with Crippen LogP contribution < -0.4 is 0 Å². The molecule has 0 spiro atoms. The molecular weight excluding hydrogens is 214 g/mol. The molecule has 17 heavy (non-hydrogen) atoms. The number of morpholine rings is 1. The molecule has 1 saturated carbocycles. The van der Waals surface area contributed by atoms with Crippen molar-refractivity contribution in [1.82, 2.24) is 4.90 Å². The zero-order valence-corrected chi connectivity index (χ0v) is 11.3. The van der Waals surface area contributed by atoms with Crippen LogP contribution in [0.3, 0.4) is 0 Å². The van der Waals surface area contributed by atoms with Crippen molar-refractivity contribution in [1.29, 1.82) is 0 Å². The average Bonchev–Trinajstić information content (AvgIpc) is 2.39. The van der Waals surface area contributed by atoms with Crippen molar-refractivity contribution in [3.8, 4) is 0 Å². The number of hydrogen-bond donors (Lipinski definition) is 1. The molecule has 2 unspecified atom stereocenters. The third kappa shape index (κ3) is 3.43. The van der Waals surface area contributed by atoms with Gasteiger partial charge in [0, 0.05) is 19.1 Å². The summed E-state index contributed by atoms with van der Waals surface area (Å²) in [5.41, 5.74) is 0. The monoisotopic (exact) mass is 241 g/mol. The second kappa shape index (κ2) is 6.17. The van der Waals surface area contributed by atoms with Crippen LogP contribution in [0.25, 0.3) is 0 Å². The molecule has 0 aromatic heterocycles. The first-order chi connectivity index (χ1) is 8.18. The molecule has 1 heterocycles. The van der Waals surface area contributed by atoms with Gasteiger partial charge in [-0.2, -0.15) is 0 Å². The summed E-state index contributed by atoms with van der Waals surface area (Å²) in [4.78, 5) is 2.42. The Morgan fingerprint density at radius 2 is 1.88 bits per heavy atom. The molecule has 0 aromatic carbocycles. The van der Waals surface area contributed by atoms with Gasteiger partial charge in [-0.15, -0.1) is 0 Å². The van der Waals surface area contributed by atoms with Gasteiger partial charge in [0.25, 0.3) is 0 Å². The first-order valence-corrected chi connectivity index (χ1v) is 7.22. The Kier molecular flexibility index (Phi) is 4.83. The second-order valence-corrected chi connectivity index (χ2v) is 5.89. The van der Waals surface area contributed by atoms with Gasteiger partial charge in [0.1, 0.15) is 0 Å². The molecule has 3 nitrogen and oxygen atoms in total. The van der Waals surface area contributed by atoms with Gasteiger partial charge in [-0.1, -0.05) is 19.3 Å². The molecular formula is C14H27NO2. The minimum atomic E-state index is -0.253. The minimum Gasteiger partial charge on any atom is -0.390 e. The Hall–Kier alpha value is -0.120. The zero-order chi connectivity index (χ0) is 12.3. The predicted molar refractivity (Wildman–Crippen MR) is 69.0 cm³/mol. The fourth-order valence-electron chi connectivity index (χ4n) is 3.15. The fraction of sp³-hybridized carbons (Fsp3) is 1.00. The Morgan fingerprint density at radius 1 is 1.18 bits per heavy atom. The van der Waals surface area contributed by atoms with Crippen LogP contribution in [0.5, 0.6) is 0 Å². The molecule has 0 bridgehead atoms. The molecule has 0 aromatic rings. The number of hydrogen-bond acceptors (Lipinski definition) is 3. The highest BCUT2D eigenvalue weighted by Gasteiger charge is 2.33. The van der Waals surface area contributed by atoms with E-state index in [1.807, 2.05) is 0 Å². The van der Waals surface area contributed by atoms with Crippen LogP contribution in [-0.2, 0) is 4.74 Å². The molecule has 2 aliphatic rings. The molecule has 2 rings (SSSR count). The lowest BCUT2D eigenvalue weighted by Crippen LogP contribution is -2.51. The smallest absolute Gasteiger partial charge is 0.0963 e. The van der Waals surface area contributed by atoms with Crippen LogP contribution >= 0.6 is 0 Å². The number of aliphatic hydroxyl groups excluding tert-OH is 1. The standard InChI is InChI=1S/C14H27NO2/c1-11(2)15-8-9-17-13(10-15)14(16)12-6-4-3-5-7-12/h11-14,16H,3-10H2,1-2H3. The number of rotatable bonds is 3. The van der Waals surface area contributed by atoms with Crippen molar-refractivity contribution >= 4 is 0 Å². The lowest BCUT2D eigenvalue weighted by molar-refractivity contribution is -0.114. The highest BCUT2D eigenvalue weighted by Crippen LogP contribution is 2.29. The van der Waals surface area contributed by atoms with E-state index in [-0.39, 0.29) is 12.2 Å². The fourth-order valence-corrected chi connectivity index (χ4v) is 3.15. The van der Waals surface area contributed by atoms with Gasteiger partial charge >= 0.3 is 0 Å². The van der Waals surface area contributed by atoms with Crippen molar-refractivity contribution in [3.05, 3.63) is 0 Å². The van der Waals surface area contributed by atoms with E-state index in [0.717, 1.165) is 19.7 Å². The summed E-state index contributed by atoms with van der Waals surface area (Å²) >= 11 is 0. The Balaban J connectivity index is 1.87. The first kappa shape index (κ1) is 13.3. The van der Waals surface area contributed by atoms with Crippen LogP contribution in [0.15, 0.2) is 0 Å². The van der Waals surface area contributed by atoms with E-state index in [0.29, 0.717) is 12.0 Å². The van der Waals surface area contributed by atoms with Crippen molar-refractivity contribution in [2.45, 2.75) is 64.2 Å². The van der Waals surface area contributed by atoms with Gasteiger partial charge in [0.2, 0.25) is 0 Å². The second-order valence-electron chi connectivity index (χ2n) is 5.89. The van der Waals surface area contributed by atoms with Crippen LogP contribution in [0.4, 0.5) is 0 Å². The third-order valence-corrected chi connectivity index (χ3v) is 4.37. The van der Waals surface area contributed by atoms with Gasteiger partial charge < -0.3 is 9.84 Å². The van der Waals surface area contributed by atoms with Crippen LogP contribution in [0.1, 0.15) is 46.0 Å². The van der Waals surface area contributed by atoms with E-state index < -0.39 is 0 Å². The van der Waals surface area contributed by atoms with Crippen LogP contribution in [-0.4, -0.2) is 48.0 Å². The van der Waals surface area contributed by atoms with Crippen LogP contribution in [0, 0.1) is 5.92 Å². The van der Waals surface area contributed by atoms with Gasteiger partial charge in [-0.05, 0) is 32.6 Å². The summed E-state index contributed by atoms with van der Waals surface area (Å²) in [6.45, 7) is 7.11. The summed E-state index contributed by atoms with van der Waals surface area (Å²) in [6, 6.07) is 0.556. The topological polar surface area (TPSA) is 32.7 Å². The maximum atomic E-state index is 10.4. The lowest BCUT2D eigenvalue weighted by Gasteiger charge is -2.40. The molecule has 100 valence electrons. The summed E-state index contributed by atoms with van der Waals surface area (Å²) in [7, 11) is 0. The van der Waals surface area contributed by atoms with Gasteiger partial charge in [-0.3, -0.25) is 4.90 Å².